The standard InChI is InChI=1S/C9H8F5NO2/c1-4-3-5(7(10)11)6(16-2)8(15-4)17-9(12,13)14/h3,7H,1-2H3. The van der Waals surface area contributed by atoms with Gasteiger partial charge in [0.15, 0.2) is 5.75 Å². The SMILES string of the molecule is COc1c(C(F)F)cc(C)nc1OC(F)(F)F. The first-order valence-electron chi connectivity index (χ1n) is 4.34. The topological polar surface area (TPSA) is 31.4 Å². The largest absolute Gasteiger partial charge is 0.574 e. The molecule has 1 heterocycles. The van der Waals surface area contributed by atoms with Crippen LogP contribution in [0.5, 0.6) is 11.6 Å². The zero-order valence-electron chi connectivity index (χ0n) is 8.81. The number of halogens is 5. The van der Waals surface area contributed by atoms with Crippen molar-refractivity contribution in [2.24, 2.45) is 0 Å². The summed E-state index contributed by atoms with van der Waals surface area (Å²) in [6.45, 7) is 1.27. The van der Waals surface area contributed by atoms with Crippen LogP contribution >= 0.6 is 0 Å². The van der Waals surface area contributed by atoms with E-state index in [1.165, 1.54) is 6.92 Å². The zero-order valence-corrected chi connectivity index (χ0v) is 8.81. The first-order valence-corrected chi connectivity index (χ1v) is 4.34. The lowest BCUT2D eigenvalue weighted by atomic mass is 10.2. The number of hydrogen-bond acceptors (Lipinski definition) is 3. The number of methoxy groups -OCH3 is 1. The maximum Gasteiger partial charge on any atom is 0.574 e. The Balaban J connectivity index is 3.28. The van der Waals surface area contributed by atoms with Gasteiger partial charge in [-0.15, -0.1) is 13.2 Å². The van der Waals surface area contributed by atoms with Crippen LogP contribution in [-0.4, -0.2) is 18.5 Å². The molecular weight excluding hydrogens is 249 g/mol. The van der Waals surface area contributed by atoms with Crippen LogP contribution in [0.4, 0.5) is 22.0 Å². The minimum atomic E-state index is -5.02. The molecule has 1 rings (SSSR count). The number of alkyl halides is 5. The van der Waals surface area contributed by atoms with Crippen molar-refractivity contribution in [2.75, 3.05) is 7.11 Å². The average Bonchev–Trinajstić information content (AvgIpc) is 2.14. The predicted octanol–water partition coefficient (Wildman–Crippen LogP) is 3.23. The highest BCUT2D eigenvalue weighted by atomic mass is 19.4. The highest BCUT2D eigenvalue weighted by molar-refractivity contribution is 5.44. The van der Waals surface area contributed by atoms with Gasteiger partial charge in [0.2, 0.25) is 0 Å². The molecule has 0 saturated heterocycles. The number of ether oxygens (including phenoxy) is 2. The van der Waals surface area contributed by atoms with Gasteiger partial charge < -0.3 is 9.47 Å². The highest BCUT2D eigenvalue weighted by Gasteiger charge is 2.34. The normalized spacial score (nSPS) is 11.8. The van der Waals surface area contributed by atoms with Gasteiger partial charge in [-0.25, -0.2) is 13.8 Å². The van der Waals surface area contributed by atoms with Gasteiger partial charge in [-0.2, -0.15) is 0 Å². The zero-order chi connectivity index (χ0) is 13.2. The van der Waals surface area contributed by atoms with E-state index in [4.69, 9.17) is 0 Å². The van der Waals surface area contributed by atoms with Gasteiger partial charge in [-0.1, -0.05) is 0 Å². The molecule has 0 fully saturated rings. The number of pyridine rings is 1. The molecule has 0 N–H and O–H groups in total. The summed E-state index contributed by atoms with van der Waals surface area (Å²) in [6, 6.07) is 0.937. The summed E-state index contributed by atoms with van der Waals surface area (Å²) in [4.78, 5) is 3.37. The Bertz CT molecular complexity index is 405. The highest BCUT2D eigenvalue weighted by Crippen LogP contribution is 2.38. The summed E-state index contributed by atoms with van der Waals surface area (Å²) in [5, 5.41) is 0. The second-order valence-electron chi connectivity index (χ2n) is 3.04. The molecule has 1 aromatic heterocycles. The first-order chi connectivity index (χ1) is 7.74. The maximum atomic E-state index is 12.6. The molecule has 0 radical (unpaired) electrons. The second-order valence-corrected chi connectivity index (χ2v) is 3.04. The van der Waals surface area contributed by atoms with E-state index in [0.717, 1.165) is 13.2 Å². The molecule has 1 aromatic rings. The van der Waals surface area contributed by atoms with Crippen LogP contribution in [0, 0.1) is 6.92 Å². The number of aromatic nitrogens is 1. The van der Waals surface area contributed by atoms with E-state index in [0.29, 0.717) is 0 Å². The summed E-state index contributed by atoms with van der Waals surface area (Å²) in [5.74, 6) is -1.74. The fourth-order valence-corrected chi connectivity index (χ4v) is 1.20. The lowest BCUT2D eigenvalue weighted by Crippen LogP contribution is -2.19. The van der Waals surface area contributed by atoms with Crippen molar-refractivity contribution in [1.29, 1.82) is 0 Å². The number of rotatable bonds is 3. The van der Waals surface area contributed by atoms with Gasteiger partial charge in [0.1, 0.15) is 0 Å². The van der Waals surface area contributed by atoms with Crippen molar-refractivity contribution < 1.29 is 31.4 Å². The van der Waals surface area contributed by atoms with Gasteiger partial charge >= 0.3 is 6.36 Å². The van der Waals surface area contributed by atoms with Gasteiger partial charge in [-0.3, -0.25) is 0 Å². The van der Waals surface area contributed by atoms with Crippen LogP contribution in [0.25, 0.3) is 0 Å². The fourth-order valence-electron chi connectivity index (χ4n) is 1.20. The molecule has 8 heteroatoms. The summed E-state index contributed by atoms with van der Waals surface area (Å²) in [6.07, 6.45) is -8.00. The molecule has 0 saturated carbocycles. The van der Waals surface area contributed by atoms with Crippen LogP contribution in [-0.2, 0) is 0 Å². The predicted molar refractivity (Wildman–Crippen MR) is 47.2 cm³/mol. The van der Waals surface area contributed by atoms with Crippen molar-refractivity contribution in [2.45, 2.75) is 19.7 Å². The van der Waals surface area contributed by atoms with Crippen molar-refractivity contribution in [3.05, 3.63) is 17.3 Å². The third kappa shape index (κ3) is 3.43. The van der Waals surface area contributed by atoms with Crippen molar-refractivity contribution in [3.63, 3.8) is 0 Å². The summed E-state index contributed by atoms with van der Waals surface area (Å²) < 4.78 is 69.2. The molecule has 0 bridgehead atoms. The Morgan fingerprint density at radius 1 is 1.29 bits per heavy atom. The fraction of sp³-hybridized carbons (Fsp3) is 0.444. The molecule has 0 spiro atoms. The van der Waals surface area contributed by atoms with Gasteiger partial charge in [0, 0.05) is 5.69 Å². The molecule has 0 aliphatic carbocycles. The number of aryl methyl sites for hydroxylation is 1. The molecule has 3 nitrogen and oxygen atoms in total. The molecule has 0 aliphatic heterocycles. The number of nitrogens with zero attached hydrogens (tertiary/aromatic N) is 1. The molecule has 0 atom stereocenters. The molecule has 0 aromatic carbocycles. The third-order valence-corrected chi connectivity index (χ3v) is 1.75. The van der Waals surface area contributed by atoms with Crippen LogP contribution in [0.3, 0.4) is 0 Å². The van der Waals surface area contributed by atoms with E-state index in [1.807, 2.05) is 0 Å². The van der Waals surface area contributed by atoms with E-state index in [9.17, 15) is 22.0 Å². The minimum absolute atomic E-state index is 0.0275. The quantitative estimate of drug-likeness (QED) is 0.779. The third-order valence-electron chi connectivity index (χ3n) is 1.75. The van der Waals surface area contributed by atoms with Gasteiger partial charge in [-0.05, 0) is 13.0 Å². The van der Waals surface area contributed by atoms with Crippen molar-refractivity contribution in [1.82, 2.24) is 4.98 Å². The Morgan fingerprint density at radius 2 is 1.88 bits per heavy atom. The van der Waals surface area contributed by atoms with Gasteiger partial charge in [0.25, 0.3) is 12.3 Å². The second kappa shape index (κ2) is 4.72. The average molecular weight is 257 g/mol. The van der Waals surface area contributed by atoms with Crippen molar-refractivity contribution in [3.8, 4) is 11.6 Å². The van der Waals surface area contributed by atoms with Crippen LogP contribution < -0.4 is 9.47 Å². The first kappa shape index (κ1) is 13.5. The van der Waals surface area contributed by atoms with Crippen LogP contribution in [0.15, 0.2) is 6.07 Å². The lowest BCUT2D eigenvalue weighted by Gasteiger charge is -2.15. The van der Waals surface area contributed by atoms with Crippen LogP contribution in [0.1, 0.15) is 17.7 Å². The molecule has 96 valence electrons. The van der Waals surface area contributed by atoms with E-state index < -0.39 is 30.0 Å². The van der Waals surface area contributed by atoms with E-state index in [-0.39, 0.29) is 5.69 Å². The van der Waals surface area contributed by atoms with E-state index in [1.54, 1.807) is 0 Å². The lowest BCUT2D eigenvalue weighted by molar-refractivity contribution is -0.276. The molecular formula is C9H8F5NO2. The Kier molecular flexibility index (Phi) is 3.74. The summed E-state index contributed by atoms with van der Waals surface area (Å²) in [5.41, 5.74) is -0.723. The van der Waals surface area contributed by atoms with E-state index >= 15 is 0 Å². The maximum absolute atomic E-state index is 12.6. The van der Waals surface area contributed by atoms with Gasteiger partial charge in [0.05, 0.1) is 12.7 Å². The van der Waals surface area contributed by atoms with E-state index in [2.05, 4.69) is 14.5 Å². The smallest absolute Gasteiger partial charge is 0.491 e. The Morgan fingerprint density at radius 3 is 2.29 bits per heavy atom. The minimum Gasteiger partial charge on any atom is -0.491 e. The molecule has 17 heavy (non-hydrogen) atoms. The number of hydrogen-bond donors (Lipinski definition) is 0. The summed E-state index contributed by atoms with van der Waals surface area (Å²) in [7, 11) is 0.960. The molecule has 0 aliphatic rings. The monoisotopic (exact) mass is 257 g/mol. The Labute approximate surface area is 93.2 Å². The summed E-state index contributed by atoms with van der Waals surface area (Å²) >= 11 is 0. The van der Waals surface area contributed by atoms with Crippen molar-refractivity contribution >= 4 is 0 Å². The Hall–Kier alpha value is -1.60. The van der Waals surface area contributed by atoms with Crippen LogP contribution in [0.2, 0.25) is 0 Å². The molecule has 0 unspecified atom stereocenters. The molecule has 0 amide bonds.